The average molecular weight is 492 g/mol. The molecule has 0 aliphatic carbocycles. The largest absolute Gasteiger partial charge is 0.370 e. The first-order valence-corrected chi connectivity index (χ1v) is 12.5. The van der Waals surface area contributed by atoms with Crippen LogP contribution in [-0.2, 0) is 9.59 Å². The Morgan fingerprint density at radius 3 is 1.89 bits per heavy atom. The number of allylic oxidation sites excluding steroid dienone is 1. The van der Waals surface area contributed by atoms with Crippen LogP contribution >= 0.6 is 0 Å². The van der Waals surface area contributed by atoms with Gasteiger partial charge in [-0.2, -0.15) is 5.26 Å². The smallest absolute Gasteiger partial charge is 0.211 e. The van der Waals surface area contributed by atoms with Crippen molar-refractivity contribution < 1.29 is 9.59 Å². The summed E-state index contributed by atoms with van der Waals surface area (Å²) in [4.78, 5) is 26.2. The molecule has 1 saturated heterocycles. The van der Waals surface area contributed by atoms with Crippen LogP contribution in [0.5, 0.6) is 0 Å². The number of ketones is 1. The first-order chi connectivity index (χ1) is 17.6. The van der Waals surface area contributed by atoms with Gasteiger partial charge in [0.1, 0.15) is 5.78 Å². The maximum absolute atomic E-state index is 12.9. The molecule has 37 heavy (non-hydrogen) atoms. The quantitative estimate of drug-likeness (QED) is 0.403. The van der Waals surface area contributed by atoms with Gasteiger partial charge in [-0.05, 0) is 64.6 Å². The monoisotopic (exact) mass is 491 g/mol. The molecule has 0 spiro atoms. The van der Waals surface area contributed by atoms with Gasteiger partial charge in [-0.25, -0.2) is 0 Å². The van der Waals surface area contributed by atoms with Crippen LogP contribution in [0, 0.1) is 22.2 Å². The Morgan fingerprint density at radius 1 is 0.892 bits per heavy atom. The molecule has 0 atom stereocenters. The third kappa shape index (κ3) is 5.20. The Kier molecular flexibility index (Phi) is 7.05. The number of nitriles is 1. The highest BCUT2D eigenvalue weighted by molar-refractivity contribution is 5.92. The molecule has 0 unspecified atom stereocenters. The maximum atomic E-state index is 12.9. The second-order valence-corrected chi connectivity index (χ2v) is 11.0. The molecule has 4 rings (SSSR count). The third-order valence-electron chi connectivity index (χ3n) is 7.10. The van der Waals surface area contributed by atoms with Crippen molar-refractivity contribution in [2.24, 2.45) is 10.8 Å². The summed E-state index contributed by atoms with van der Waals surface area (Å²) in [5.74, 6) is 0.309. The summed E-state index contributed by atoms with van der Waals surface area (Å²) in [6.07, 6.45) is 2.37. The van der Waals surface area contributed by atoms with Gasteiger partial charge in [-0.15, -0.1) is 0 Å². The summed E-state index contributed by atoms with van der Waals surface area (Å²) in [5, 5.41) is 11.9. The molecule has 0 radical (unpaired) electrons. The van der Waals surface area contributed by atoms with Crippen molar-refractivity contribution in [3.8, 4) is 28.3 Å². The van der Waals surface area contributed by atoms with Gasteiger partial charge in [-0.1, -0.05) is 70.2 Å². The normalized spacial score (nSPS) is 16.7. The van der Waals surface area contributed by atoms with E-state index in [1.165, 1.54) is 0 Å². The summed E-state index contributed by atoms with van der Waals surface area (Å²) in [6, 6.07) is 24.4. The molecule has 0 bridgehead atoms. The van der Waals surface area contributed by atoms with E-state index in [9.17, 15) is 14.9 Å². The van der Waals surface area contributed by atoms with Crippen molar-refractivity contribution in [2.45, 2.75) is 34.6 Å². The Hall–Kier alpha value is -4.17. The lowest BCUT2D eigenvalue weighted by atomic mass is 9.69. The molecular weight excluding hydrogens is 458 g/mol. The number of Topliss-reactive ketones (excluding diaryl/α,β-unsaturated/α-hetero) is 1. The molecular formula is C32H33N3O2. The van der Waals surface area contributed by atoms with Crippen molar-refractivity contribution in [1.29, 1.82) is 5.26 Å². The molecule has 3 aromatic rings. The fourth-order valence-corrected chi connectivity index (χ4v) is 5.52. The molecule has 1 amide bonds. The number of hydrogen-bond donors (Lipinski definition) is 1. The SMILES string of the molecule is C/C(=C/NC=O)c1c(-c2ccc(C#N)cc2)cccc1-c1ccc(N2CC(C)(C)C(=O)C(C)(C)C2)cc1. The summed E-state index contributed by atoms with van der Waals surface area (Å²) in [6.45, 7) is 11.5. The van der Waals surface area contributed by atoms with Crippen LogP contribution in [0.15, 0.2) is 72.9 Å². The predicted octanol–water partition coefficient (Wildman–Crippen LogP) is 6.44. The van der Waals surface area contributed by atoms with E-state index < -0.39 is 10.8 Å². The number of benzene rings is 3. The average Bonchev–Trinajstić information content (AvgIpc) is 2.89. The van der Waals surface area contributed by atoms with Crippen molar-refractivity contribution >= 4 is 23.5 Å². The summed E-state index contributed by atoms with van der Waals surface area (Å²) in [7, 11) is 0. The lowest BCUT2D eigenvalue weighted by Gasteiger charge is -2.46. The predicted molar refractivity (Wildman–Crippen MR) is 150 cm³/mol. The van der Waals surface area contributed by atoms with Gasteiger partial charge in [0.25, 0.3) is 0 Å². The Labute approximate surface area is 219 Å². The van der Waals surface area contributed by atoms with E-state index in [0.717, 1.165) is 39.1 Å². The minimum Gasteiger partial charge on any atom is -0.370 e. The third-order valence-corrected chi connectivity index (χ3v) is 7.10. The van der Waals surface area contributed by atoms with E-state index in [4.69, 9.17) is 0 Å². The number of nitrogens with one attached hydrogen (secondary N) is 1. The topological polar surface area (TPSA) is 73.2 Å². The zero-order valence-electron chi connectivity index (χ0n) is 22.1. The first-order valence-electron chi connectivity index (χ1n) is 12.5. The van der Waals surface area contributed by atoms with Gasteiger partial charge < -0.3 is 10.2 Å². The van der Waals surface area contributed by atoms with Gasteiger partial charge >= 0.3 is 0 Å². The maximum Gasteiger partial charge on any atom is 0.211 e. The molecule has 1 aliphatic heterocycles. The Morgan fingerprint density at radius 2 is 1.41 bits per heavy atom. The van der Waals surface area contributed by atoms with Gasteiger partial charge in [0.05, 0.1) is 11.6 Å². The summed E-state index contributed by atoms with van der Waals surface area (Å²) in [5.41, 5.74) is 6.94. The van der Waals surface area contributed by atoms with Crippen LogP contribution < -0.4 is 10.2 Å². The van der Waals surface area contributed by atoms with E-state index in [-0.39, 0.29) is 0 Å². The van der Waals surface area contributed by atoms with Crippen LogP contribution in [-0.4, -0.2) is 25.3 Å². The van der Waals surface area contributed by atoms with E-state index >= 15 is 0 Å². The summed E-state index contributed by atoms with van der Waals surface area (Å²) < 4.78 is 0. The fourth-order valence-electron chi connectivity index (χ4n) is 5.52. The molecule has 1 heterocycles. The number of carbonyl (C=O) groups excluding carboxylic acids is 2. The minimum absolute atomic E-state index is 0.309. The highest BCUT2D eigenvalue weighted by atomic mass is 16.1. The Balaban J connectivity index is 1.77. The summed E-state index contributed by atoms with van der Waals surface area (Å²) >= 11 is 0. The molecule has 188 valence electrons. The highest BCUT2D eigenvalue weighted by Gasteiger charge is 2.45. The zero-order chi connectivity index (χ0) is 26.8. The van der Waals surface area contributed by atoms with Crippen LogP contribution in [0.4, 0.5) is 5.69 Å². The van der Waals surface area contributed by atoms with Crippen LogP contribution in [0.1, 0.15) is 45.7 Å². The van der Waals surface area contributed by atoms with Crippen LogP contribution in [0.2, 0.25) is 0 Å². The number of piperidine rings is 1. The second-order valence-electron chi connectivity index (χ2n) is 11.0. The van der Waals surface area contributed by atoms with E-state index in [2.05, 4.69) is 52.7 Å². The van der Waals surface area contributed by atoms with Gasteiger partial charge in [0.15, 0.2) is 0 Å². The minimum atomic E-state index is -0.406. The van der Waals surface area contributed by atoms with Crippen LogP contribution in [0.25, 0.3) is 27.8 Å². The van der Waals surface area contributed by atoms with Crippen molar-refractivity contribution in [1.82, 2.24) is 5.32 Å². The van der Waals surface area contributed by atoms with E-state index in [1.54, 1.807) is 6.20 Å². The number of anilines is 1. The first kappa shape index (κ1) is 25.9. The number of carbonyl (C=O) groups is 2. The van der Waals surface area contributed by atoms with Gasteiger partial charge in [-0.3, -0.25) is 9.59 Å². The second kappa shape index (κ2) is 10.1. The molecule has 1 N–H and O–H groups in total. The fraction of sp³-hybridized carbons (Fsp3) is 0.281. The zero-order valence-corrected chi connectivity index (χ0v) is 22.1. The number of amides is 1. The molecule has 0 saturated carbocycles. The highest BCUT2D eigenvalue weighted by Crippen LogP contribution is 2.40. The van der Waals surface area contributed by atoms with E-state index in [0.29, 0.717) is 30.8 Å². The van der Waals surface area contributed by atoms with Gasteiger partial charge in [0, 0.05) is 35.8 Å². The molecule has 5 nitrogen and oxygen atoms in total. The number of rotatable bonds is 6. The van der Waals surface area contributed by atoms with Crippen molar-refractivity contribution in [2.75, 3.05) is 18.0 Å². The van der Waals surface area contributed by atoms with Crippen molar-refractivity contribution in [3.63, 3.8) is 0 Å². The molecule has 1 fully saturated rings. The lowest BCUT2D eigenvalue weighted by Crippen LogP contribution is -2.55. The molecule has 3 aromatic carbocycles. The lowest BCUT2D eigenvalue weighted by molar-refractivity contribution is -0.137. The van der Waals surface area contributed by atoms with Gasteiger partial charge in [0.2, 0.25) is 6.41 Å². The Bertz CT molecular complexity index is 1370. The number of hydrogen-bond acceptors (Lipinski definition) is 4. The standard InChI is InChI=1S/C32H33N3O2/c1-22(18-34-21-36)29-27(24-11-9-23(17-33)10-12-24)7-6-8-28(29)25-13-15-26(16-14-25)35-19-31(2,3)30(37)32(4,5)20-35/h6-16,18,21H,19-20H2,1-5H3,(H,34,36)/b22-18-. The molecule has 1 aliphatic rings. The number of nitrogens with zero attached hydrogens (tertiary/aromatic N) is 2. The molecule has 5 heteroatoms. The van der Waals surface area contributed by atoms with Crippen LogP contribution in [0.3, 0.4) is 0 Å². The van der Waals surface area contributed by atoms with Crippen molar-refractivity contribution in [3.05, 3.63) is 84.1 Å². The molecule has 0 aromatic heterocycles. The van der Waals surface area contributed by atoms with E-state index in [1.807, 2.05) is 65.0 Å².